The number of ether oxygens (including phenoxy) is 1. The fourth-order valence-corrected chi connectivity index (χ4v) is 3.06. The molecule has 5 nitrogen and oxygen atoms in total. The van der Waals surface area contributed by atoms with E-state index in [9.17, 15) is 9.59 Å². The number of nitrogens with one attached hydrogen (secondary N) is 1. The number of halogens is 1. The summed E-state index contributed by atoms with van der Waals surface area (Å²) in [5.74, 6) is -0.427. The highest BCUT2D eigenvalue weighted by Crippen LogP contribution is 2.31. The van der Waals surface area contributed by atoms with Crippen LogP contribution >= 0.6 is 12.4 Å². The molecule has 1 aromatic rings. The molecule has 1 amide bonds. The van der Waals surface area contributed by atoms with Crippen molar-refractivity contribution < 1.29 is 14.3 Å². The van der Waals surface area contributed by atoms with Crippen LogP contribution in [0.15, 0.2) is 30.3 Å². The van der Waals surface area contributed by atoms with E-state index in [2.05, 4.69) is 5.32 Å². The summed E-state index contributed by atoms with van der Waals surface area (Å²) in [6, 6.07) is 8.42. The molecule has 1 fully saturated rings. The average molecular weight is 341 g/mol. The maximum atomic E-state index is 12.5. The van der Waals surface area contributed by atoms with Gasteiger partial charge in [0.25, 0.3) is 0 Å². The second kappa shape index (κ2) is 9.53. The number of nitrogens with two attached hydrogens (primary N) is 1. The van der Waals surface area contributed by atoms with Gasteiger partial charge in [0.05, 0.1) is 6.61 Å². The van der Waals surface area contributed by atoms with Gasteiger partial charge in [-0.15, -0.1) is 12.4 Å². The van der Waals surface area contributed by atoms with Crippen molar-refractivity contribution in [3.63, 3.8) is 0 Å². The molecule has 3 atom stereocenters. The van der Waals surface area contributed by atoms with Gasteiger partial charge in [-0.3, -0.25) is 4.79 Å². The van der Waals surface area contributed by atoms with Crippen molar-refractivity contribution in [3.05, 3.63) is 35.9 Å². The van der Waals surface area contributed by atoms with Gasteiger partial charge in [-0.05, 0) is 37.8 Å². The second-order valence-corrected chi connectivity index (χ2v) is 5.64. The second-order valence-electron chi connectivity index (χ2n) is 5.64. The SMILES string of the molecule is CCOC(=O)[C@H](NC(=O)[C@@H]1CCC[C@@H]1CN)c1ccccc1.Cl. The number of hydrogen-bond acceptors (Lipinski definition) is 4. The van der Waals surface area contributed by atoms with Gasteiger partial charge in [-0.25, -0.2) is 4.79 Å². The Morgan fingerprint density at radius 1 is 1.30 bits per heavy atom. The molecule has 0 radical (unpaired) electrons. The highest BCUT2D eigenvalue weighted by atomic mass is 35.5. The Labute approximate surface area is 143 Å². The highest BCUT2D eigenvalue weighted by Gasteiger charge is 2.34. The number of esters is 1. The molecule has 0 heterocycles. The van der Waals surface area contributed by atoms with E-state index in [1.807, 2.05) is 30.3 Å². The molecule has 0 saturated heterocycles. The van der Waals surface area contributed by atoms with Gasteiger partial charge >= 0.3 is 5.97 Å². The van der Waals surface area contributed by atoms with Crippen LogP contribution < -0.4 is 11.1 Å². The van der Waals surface area contributed by atoms with E-state index in [1.54, 1.807) is 6.92 Å². The topological polar surface area (TPSA) is 81.4 Å². The third-order valence-corrected chi connectivity index (χ3v) is 4.24. The van der Waals surface area contributed by atoms with Crippen LogP contribution in [0.2, 0.25) is 0 Å². The van der Waals surface area contributed by atoms with E-state index in [0.717, 1.165) is 24.8 Å². The zero-order valence-electron chi connectivity index (χ0n) is 13.4. The lowest BCUT2D eigenvalue weighted by Gasteiger charge is -2.22. The first-order valence-electron chi connectivity index (χ1n) is 7.89. The van der Waals surface area contributed by atoms with Gasteiger partial charge in [0.2, 0.25) is 5.91 Å². The Hall–Kier alpha value is -1.59. The summed E-state index contributed by atoms with van der Waals surface area (Å²) in [6.45, 7) is 2.55. The molecule has 1 aliphatic carbocycles. The first kappa shape index (κ1) is 19.5. The molecular weight excluding hydrogens is 316 g/mol. The van der Waals surface area contributed by atoms with Crippen molar-refractivity contribution in [2.24, 2.45) is 17.6 Å². The van der Waals surface area contributed by atoms with Crippen LogP contribution in [0, 0.1) is 11.8 Å². The maximum absolute atomic E-state index is 12.5. The molecule has 6 heteroatoms. The fourth-order valence-electron chi connectivity index (χ4n) is 3.06. The molecule has 2 rings (SSSR count). The smallest absolute Gasteiger partial charge is 0.333 e. The Morgan fingerprint density at radius 2 is 2.00 bits per heavy atom. The number of carbonyl (C=O) groups is 2. The Bertz CT molecular complexity index is 510. The third kappa shape index (κ3) is 4.94. The lowest BCUT2D eigenvalue weighted by atomic mass is 9.94. The van der Waals surface area contributed by atoms with E-state index in [-0.39, 0.29) is 36.8 Å². The quantitative estimate of drug-likeness (QED) is 0.778. The number of benzene rings is 1. The number of carbonyl (C=O) groups excluding carboxylic acids is 2. The van der Waals surface area contributed by atoms with Crippen LogP contribution in [0.3, 0.4) is 0 Å². The minimum Gasteiger partial charge on any atom is -0.464 e. The van der Waals surface area contributed by atoms with Crippen LogP contribution in [0.25, 0.3) is 0 Å². The molecule has 128 valence electrons. The van der Waals surface area contributed by atoms with E-state index in [0.29, 0.717) is 6.54 Å². The zero-order chi connectivity index (χ0) is 15.9. The average Bonchev–Trinajstić information content (AvgIpc) is 3.02. The monoisotopic (exact) mass is 340 g/mol. The molecule has 1 aromatic carbocycles. The minimum absolute atomic E-state index is 0. The number of rotatable bonds is 6. The van der Waals surface area contributed by atoms with Crippen molar-refractivity contribution in [2.45, 2.75) is 32.2 Å². The minimum atomic E-state index is -0.757. The van der Waals surface area contributed by atoms with Crippen molar-refractivity contribution in [1.29, 1.82) is 0 Å². The predicted molar refractivity (Wildman–Crippen MR) is 91.1 cm³/mol. The van der Waals surface area contributed by atoms with Gasteiger partial charge in [-0.2, -0.15) is 0 Å². The van der Waals surface area contributed by atoms with Crippen molar-refractivity contribution >= 4 is 24.3 Å². The lowest BCUT2D eigenvalue weighted by Crippen LogP contribution is -2.40. The van der Waals surface area contributed by atoms with E-state index < -0.39 is 12.0 Å². The van der Waals surface area contributed by atoms with Crippen LogP contribution in [0.4, 0.5) is 0 Å². The molecule has 0 spiro atoms. The summed E-state index contributed by atoms with van der Waals surface area (Å²) >= 11 is 0. The molecule has 0 aromatic heterocycles. The molecule has 0 aliphatic heterocycles. The van der Waals surface area contributed by atoms with Crippen molar-refractivity contribution in [1.82, 2.24) is 5.32 Å². The van der Waals surface area contributed by atoms with Crippen LogP contribution in [0.1, 0.15) is 37.8 Å². The summed E-state index contributed by atoms with van der Waals surface area (Å²) in [5.41, 5.74) is 6.47. The Kier molecular flexibility index (Phi) is 8.06. The molecule has 0 bridgehead atoms. The summed E-state index contributed by atoms with van der Waals surface area (Å²) in [5, 5.41) is 2.86. The Balaban J connectivity index is 0.00000264. The van der Waals surface area contributed by atoms with Crippen molar-refractivity contribution in [3.8, 4) is 0 Å². The van der Waals surface area contributed by atoms with Gasteiger partial charge in [0.1, 0.15) is 0 Å². The van der Waals surface area contributed by atoms with E-state index in [1.165, 1.54) is 0 Å². The molecule has 0 unspecified atom stereocenters. The van der Waals surface area contributed by atoms with Gasteiger partial charge in [0, 0.05) is 5.92 Å². The summed E-state index contributed by atoms with van der Waals surface area (Å²) in [6.07, 6.45) is 2.82. The van der Waals surface area contributed by atoms with Crippen LogP contribution in [0.5, 0.6) is 0 Å². The fraction of sp³-hybridized carbons (Fsp3) is 0.529. The molecule has 1 aliphatic rings. The van der Waals surface area contributed by atoms with Gasteiger partial charge in [0.15, 0.2) is 6.04 Å². The normalized spacial score (nSPS) is 21.1. The van der Waals surface area contributed by atoms with Crippen molar-refractivity contribution in [2.75, 3.05) is 13.2 Å². The van der Waals surface area contributed by atoms with Crippen LogP contribution in [-0.2, 0) is 14.3 Å². The number of amides is 1. The summed E-state index contributed by atoms with van der Waals surface area (Å²) < 4.78 is 5.10. The predicted octanol–water partition coefficient (Wildman–Crippen LogP) is 2.20. The highest BCUT2D eigenvalue weighted by molar-refractivity contribution is 5.87. The standard InChI is InChI=1S/C17H24N2O3.ClH/c1-2-22-17(21)15(12-7-4-3-5-8-12)19-16(20)14-10-6-9-13(14)11-18;/h3-5,7-8,13-15H,2,6,9-11,18H2,1H3,(H,19,20);1H/t13-,14-,15-;/m1./s1. The summed E-state index contributed by atoms with van der Waals surface area (Å²) in [4.78, 5) is 24.7. The number of hydrogen-bond donors (Lipinski definition) is 2. The Morgan fingerprint density at radius 3 is 2.61 bits per heavy atom. The van der Waals surface area contributed by atoms with Gasteiger partial charge in [-0.1, -0.05) is 36.8 Å². The zero-order valence-corrected chi connectivity index (χ0v) is 14.2. The van der Waals surface area contributed by atoms with Crippen LogP contribution in [-0.4, -0.2) is 25.0 Å². The molecule has 1 saturated carbocycles. The molecule has 23 heavy (non-hydrogen) atoms. The summed E-state index contributed by atoms with van der Waals surface area (Å²) in [7, 11) is 0. The first-order valence-corrected chi connectivity index (χ1v) is 7.89. The van der Waals surface area contributed by atoms with E-state index >= 15 is 0 Å². The van der Waals surface area contributed by atoms with Gasteiger partial charge < -0.3 is 15.8 Å². The first-order chi connectivity index (χ1) is 10.7. The van der Waals surface area contributed by atoms with E-state index in [4.69, 9.17) is 10.5 Å². The third-order valence-electron chi connectivity index (χ3n) is 4.24. The maximum Gasteiger partial charge on any atom is 0.333 e. The molecular formula is C17H25ClN2O3. The largest absolute Gasteiger partial charge is 0.464 e. The molecule has 3 N–H and O–H groups in total. The lowest BCUT2D eigenvalue weighted by molar-refractivity contribution is -0.148.